The van der Waals surface area contributed by atoms with Gasteiger partial charge in [0.05, 0.1) is 0 Å². The molecule has 0 aromatic heterocycles. The summed E-state index contributed by atoms with van der Waals surface area (Å²) in [6.07, 6.45) is 3.94. The van der Waals surface area contributed by atoms with E-state index in [-0.39, 0.29) is 11.4 Å². The van der Waals surface area contributed by atoms with Crippen LogP contribution in [0.15, 0.2) is 24.3 Å². The van der Waals surface area contributed by atoms with Crippen LogP contribution in [0, 0.1) is 5.82 Å². The smallest absolute Gasteiger partial charge is 0.152 e. The van der Waals surface area contributed by atoms with Crippen LogP contribution in [-0.4, -0.2) is 18.7 Å². The lowest BCUT2D eigenvalue weighted by molar-refractivity contribution is 0.0614. The molecule has 3 rings (SSSR count). The molecule has 3 heteroatoms. The van der Waals surface area contributed by atoms with Gasteiger partial charge in [0.2, 0.25) is 0 Å². The first-order valence-electron chi connectivity index (χ1n) is 4.66. The predicted octanol–water partition coefficient (Wildman–Crippen LogP) is 1.57. The molecule has 72 valence electrons. The van der Waals surface area contributed by atoms with E-state index in [9.17, 15) is 4.39 Å². The van der Waals surface area contributed by atoms with Crippen LogP contribution in [0.2, 0.25) is 0 Å². The number of benzene rings is 1. The molecule has 2 aliphatic heterocycles. The molecule has 1 aromatic carbocycles. The molecule has 0 bridgehead atoms. The number of nitrogens with one attached hydrogen (secondary N) is 1. The summed E-state index contributed by atoms with van der Waals surface area (Å²) >= 11 is 0. The third-order valence-electron chi connectivity index (χ3n) is 2.70. The van der Waals surface area contributed by atoms with Gasteiger partial charge in [-0.2, -0.15) is 0 Å². The molecule has 14 heavy (non-hydrogen) atoms. The Hall–Kier alpha value is -1.35. The third kappa shape index (κ3) is 1.06. The first-order chi connectivity index (χ1) is 6.77. The molecule has 2 aliphatic rings. The Bertz CT molecular complexity index is 410. The molecular formula is C11H10FNO. The maximum absolute atomic E-state index is 12.9. The average molecular weight is 191 g/mol. The molecule has 0 atom stereocenters. The SMILES string of the molecule is Fc1ccc2c(c1)C=CC1(CNC1)O2. The van der Waals surface area contributed by atoms with Crippen LogP contribution in [0.25, 0.3) is 6.08 Å². The van der Waals surface area contributed by atoms with Gasteiger partial charge in [0, 0.05) is 18.7 Å². The zero-order valence-corrected chi connectivity index (χ0v) is 7.59. The maximum Gasteiger partial charge on any atom is 0.152 e. The van der Waals surface area contributed by atoms with Crippen molar-refractivity contribution >= 4 is 6.08 Å². The highest BCUT2D eigenvalue weighted by Gasteiger charge is 2.38. The van der Waals surface area contributed by atoms with E-state index in [1.807, 2.05) is 12.2 Å². The Morgan fingerprint density at radius 3 is 2.93 bits per heavy atom. The van der Waals surface area contributed by atoms with E-state index >= 15 is 0 Å². The van der Waals surface area contributed by atoms with E-state index in [1.165, 1.54) is 12.1 Å². The van der Waals surface area contributed by atoms with E-state index in [2.05, 4.69) is 5.32 Å². The Labute approximate surface area is 81.4 Å². The monoisotopic (exact) mass is 191 g/mol. The van der Waals surface area contributed by atoms with E-state index in [4.69, 9.17) is 4.74 Å². The molecule has 1 N–H and O–H groups in total. The van der Waals surface area contributed by atoms with Crippen LogP contribution in [0.5, 0.6) is 5.75 Å². The van der Waals surface area contributed by atoms with Gasteiger partial charge in [-0.3, -0.25) is 0 Å². The number of hydrogen-bond donors (Lipinski definition) is 1. The summed E-state index contributed by atoms with van der Waals surface area (Å²) in [7, 11) is 0. The second-order valence-electron chi connectivity index (χ2n) is 3.79. The highest BCUT2D eigenvalue weighted by molar-refractivity contribution is 5.61. The van der Waals surface area contributed by atoms with Gasteiger partial charge >= 0.3 is 0 Å². The van der Waals surface area contributed by atoms with Crippen molar-refractivity contribution in [3.8, 4) is 5.75 Å². The van der Waals surface area contributed by atoms with Crippen molar-refractivity contribution in [2.75, 3.05) is 13.1 Å². The molecule has 1 aromatic rings. The minimum atomic E-state index is -0.223. The summed E-state index contributed by atoms with van der Waals surface area (Å²) in [5.41, 5.74) is 0.646. The number of hydrogen-bond acceptors (Lipinski definition) is 2. The zero-order chi connectivity index (χ0) is 9.60. The van der Waals surface area contributed by atoms with Crippen molar-refractivity contribution in [2.45, 2.75) is 5.60 Å². The van der Waals surface area contributed by atoms with Crippen molar-refractivity contribution in [1.82, 2.24) is 5.32 Å². The number of fused-ring (bicyclic) bond motifs is 1. The number of ether oxygens (including phenoxy) is 1. The summed E-state index contributed by atoms with van der Waals surface area (Å²) in [6.45, 7) is 1.67. The van der Waals surface area contributed by atoms with Crippen molar-refractivity contribution < 1.29 is 9.13 Å². The summed E-state index contributed by atoms with van der Waals surface area (Å²) in [5.74, 6) is 0.551. The predicted molar refractivity (Wildman–Crippen MR) is 51.7 cm³/mol. The molecule has 2 nitrogen and oxygen atoms in total. The lowest BCUT2D eigenvalue weighted by atomic mass is 9.92. The molecule has 0 aliphatic carbocycles. The van der Waals surface area contributed by atoms with Crippen molar-refractivity contribution in [1.29, 1.82) is 0 Å². The van der Waals surface area contributed by atoms with Gasteiger partial charge in [-0.1, -0.05) is 6.08 Å². The van der Waals surface area contributed by atoms with Gasteiger partial charge in [0.25, 0.3) is 0 Å². The van der Waals surface area contributed by atoms with Crippen LogP contribution >= 0.6 is 0 Å². The van der Waals surface area contributed by atoms with Gasteiger partial charge in [-0.05, 0) is 24.3 Å². The fraction of sp³-hybridized carbons (Fsp3) is 0.273. The molecule has 1 fully saturated rings. The molecule has 0 amide bonds. The molecule has 1 spiro atoms. The molecule has 2 heterocycles. The average Bonchev–Trinajstić information content (AvgIpc) is 2.15. The second kappa shape index (κ2) is 2.58. The fourth-order valence-corrected chi connectivity index (χ4v) is 1.80. The summed E-state index contributed by atoms with van der Waals surface area (Å²) in [5, 5.41) is 3.16. The minimum Gasteiger partial charge on any atom is -0.480 e. The van der Waals surface area contributed by atoms with Crippen molar-refractivity contribution in [3.05, 3.63) is 35.7 Å². The van der Waals surface area contributed by atoms with Crippen molar-refractivity contribution in [2.24, 2.45) is 0 Å². The van der Waals surface area contributed by atoms with Crippen LogP contribution in [-0.2, 0) is 0 Å². The Balaban J connectivity index is 2.02. The highest BCUT2D eigenvalue weighted by atomic mass is 19.1. The Morgan fingerprint density at radius 2 is 2.21 bits per heavy atom. The van der Waals surface area contributed by atoms with Gasteiger partial charge in [-0.25, -0.2) is 4.39 Å². The molecular weight excluding hydrogens is 181 g/mol. The molecule has 0 saturated carbocycles. The van der Waals surface area contributed by atoms with Gasteiger partial charge in [0.1, 0.15) is 11.6 Å². The summed E-state index contributed by atoms with van der Waals surface area (Å²) < 4.78 is 18.7. The third-order valence-corrected chi connectivity index (χ3v) is 2.70. The summed E-state index contributed by atoms with van der Waals surface area (Å²) in [4.78, 5) is 0. The topological polar surface area (TPSA) is 21.3 Å². The van der Waals surface area contributed by atoms with Gasteiger partial charge < -0.3 is 10.1 Å². The van der Waals surface area contributed by atoms with Crippen LogP contribution in [0.3, 0.4) is 0 Å². The van der Waals surface area contributed by atoms with Crippen molar-refractivity contribution in [3.63, 3.8) is 0 Å². The molecule has 0 radical (unpaired) electrons. The highest BCUT2D eigenvalue weighted by Crippen LogP contribution is 2.33. The van der Waals surface area contributed by atoms with Crippen LogP contribution in [0.4, 0.5) is 4.39 Å². The van der Waals surface area contributed by atoms with E-state index < -0.39 is 0 Å². The van der Waals surface area contributed by atoms with E-state index in [0.29, 0.717) is 0 Å². The quantitative estimate of drug-likeness (QED) is 0.672. The molecule has 1 saturated heterocycles. The Kier molecular flexibility index (Phi) is 1.47. The number of halogens is 1. The van der Waals surface area contributed by atoms with E-state index in [0.717, 1.165) is 24.4 Å². The fourth-order valence-electron chi connectivity index (χ4n) is 1.80. The zero-order valence-electron chi connectivity index (χ0n) is 7.59. The first-order valence-corrected chi connectivity index (χ1v) is 4.66. The molecule has 0 unspecified atom stereocenters. The largest absolute Gasteiger partial charge is 0.480 e. The minimum absolute atomic E-state index is 0.176. The van der Waals surface area contributed by atoms with Gasteiger partial charge in [-0.15, -0.1) is 0 Å². The maximum atomic E-state index is 12.9. The second-order valence-corrected chi connectivity index (χ2v) is 3.79. The lowest BCUT2D eigenvalue weighted by Gasteiger charge is -2.42. The normalized spacial score (nSPS) is 21.2. The standard InChI is InChI=1S/C11H10FNO/c12-9-1-2-10-8(5-9)3-4-11(14-10)6-13-7-11/h1-5,13H,6-7H2. The number of rotatable bonds is 0. The van der Waals surface area contributed by atoms with Crippen LogP contribution in [0.1, 0.15) is 5.56 Å². The van der Waals surface area contributed by atoms with Gasteiger partial charge in [0.15, 0.2) is 5.60 Å². The first kappa shape index (κ1) is 8.00. The Morgan fingerprint density at radius 1 is 1.36 bits per heavy atom. The van der Waals surface area contributed by atoms with Crippen LogP contribution < -0.4 is 10.1 Å². The lowest BCUT2D eigenvalue weighted by Crippen LogP contribution is -2.62. The summed E-state index contributed by atoms with van der Waals surface area (Å²) in [6, 6.07) is 4.61. The van der Waals surface area contributed by atoms with E-state index in [1.54, 1.807) is 6.07 Å².